The van der Waals surface area contributed by atoms with Crippen LogP contribution >= 0.6 is 0 Å². The average Bonchev–Trinajstić information content (AvgIpc) is 2.93. The Labute approximate surface area is 122 Å². The number of hydrogen-bond donors (Lipinski definition) is 3. The molecule has 1 aromatic carbocycles. The number of carboxylic acids is 1. The summed E-state index contributed by atoms with van der Waals surface area (Å²) in [7, 11) is 1.56. The highest BCUT2D eigenvalue weighted by atomic mass is 16.5. The third kappa shape index (κ3) is 3.82. The number of carbonyl (C=O) groups excluding carboxylic acids is 1. The fraction of sp³-hybridized carbons (Fsp3) is 0.333. The van der Waals surface area contributed by atoms with E-state index in [1.165, 1.54) is 0 Å². The summed E-state index contributed by atoms with van der Waals surface area (Å²) in [5, 5.41) is 12.7. The Morgan fingerprint density at radius 1 is 1.38 bits per heavy atom. The van der Waals surface area contributed by atoms with E-state index in [-0.39, 0.29) is 0 Å². The van der Waals surface area contributed by atoms with Crippen molar-refractivity contribution >= 4 is 22.8 Å². The van der Waals surface area contributed by atoms with Gasteiger partial charge in [-0.1, -0.05) is 6.07 Å². The van der Waals surface area contributed by atoms with Crippen molar-refractivity contribution in [3.05, 3.63) is 36.0 Å². The van der Waals surface area contributed by atoms with Crippen LogP contribution in [0, 0.1) is 0 Å². The first-order valence-corrected chi connectivity index (χ1v) is 6.71. The van der Waals surface area contributed by atoms with Gasteiger partial charge in [0.15, 0.2) is 0 Å². The minimum absolute atomic E-state index is 0.333. The van der Waals surface area contributed by atoms with E-state index < -0.39 is 17.9 Å². The molecule has 0 radical (unpaired) electrons. The maximum atomic E-state index is 12.1. The molecule has 1 heterocycles. The molecule has 6 heteroatoms. The molecule has 1 aromatic heterocycles. The molecule has 3 N–H and O–H groups in total. The SMILES string of the molecule is COCCCC(NC(=O)c1ccc2cc[nH]c2c1)C(=O)O. The maximum absolute atomic E-state index is 12.1. The zero-order chi connectivity index (χ0) is 15.2. The third-order valence-corrected chi connectivity index (χ3v) is 3.26. The van der Waals surface area contributed by atoms with E-state index in [9.17, 15) is 9.59 Å². The predicted molar refractivity (Wildman–Crippen MR) is 78.3 cm³/mol. The van der Waals surface area contributed by atoms with Gasteiger partial charge in [-0.05, 0) is 36.4 Å². The number of benzene rings is 1. The van der Waals surface area contributed by atoms with Gasteiger partial charge >= 0.3 is 5.97 Å². The van der Waals surface area contributed by atoms with Crippen LogP contribution in [0.3, 0.4) is 0 Å². The molecule has 0 saturated carbocycles. The van der Waals surface area contributed by atoms with Crippen molar-refractivity contribution in [3.8, 4) is 0 Å². The molecule has 6 nitrogen and oxygen atoms in total. The van der Waals surface area contributed by atoms with E-state index in [0.717, 1.165) is 10.9 Å². The second-order valence-electron chi connectivity index (χ2n) is 4.78. The average molecular weight is 290 g/mol. The quantitative estimate of drug-likeness (QED) is 0.678. The fourth-order valence-electron chi connectivity index (χ4n) is 2.12. The van der Waals surface area contributed by atoms with Crippen LogP contribution in [-0.4, -0.2) is 41.7 Å². The summed E-state index contributed by atoms with van der Waals surface area (Å²) in [6, 6.07) is 6.20. The number of aliphatic carboxylic acids is 1. The summed E-state index contributed by atoms with van der Waals surface area (Å²) in [6.07, 6.45) is 2.69. The summed E-state index contributed by atoms with van der Waals surface area (Å²) in [5.41, 5.74) is 1.27. The van der Waals surface area contributed by atoms with Gasteiger partial charge in [-0.25, -0.2) is 4.79 Å². The van der Waals surface area contributed by atoms with E-state index in [4.69, 9.17) is 9.84 Å². The second kappa shape index (κ2) is 6.90. The van der Waals surface area contributed by atoms with Crippen molar-refractivity contribution < 1.29 is 19.4 Å². The summed E-state index contributed by atoms with van der Waals surface area (Å²) >= 11 is 0. The maximum Gasteiger partial charge on any atom is 0.326 e. The van der Waals surface area contributed by atoms with Gasteiger partial charge in [0.2, 0.25) is 0 Å². The van der Waals surface area contributed by atoms with E-state index in [2.05, 4.69) is 10.3 Å². The molecule has 0 saturated heterocycles. The van der Waals surface area contributed by atoms with Crippen LogP contribution in [0.15, 0.2) is 30.5 Å². The van der Waals surface area contributed by atoms with Crippen LogP contribution in [0.5, 0.6) is 0 Å². The first-order valence-electron chi connectivity index (χ1n) is 6.71. The summed E-state index contributed by atoms with van der Waals surface area (Å²) in [5.74, 6) is -1.43. The summed E-state index contributed by atoms with van der Waals surface area (Å²) < 4.78 is 4.89. The Hall–Kier alpha value is -2.34. The molecule has 0 aliphatic rings. The number of aromatic amines is 1. The van der Waals surface area contributed by atoms with E-state index >= 15 is 0 Å². The van der Waals surface area contributed by atoms with Gasteiger partial charge in [-0.2, -0.15) is 0 Å². The molecular formula is C15H18N2O4. The Morgan fingerprint density at radius 2 is 2.19 bits per heavy atom. The molecule has 2 rings (SSSR count). The molecule has 0 bridgehead atoms. The highest BCUT2D eigenvalue weighted by Gasteiger charge is 2.20. The van der Waals surface area contributed by atoms with Crippen molar-refractivity contribution in [1.82, 2.24) is 10.3 Å². The molecule has 0 fully saturated rings. The first-order chi connectivity index (χ1) is 10.1. The van der Waals surface area contributed by atoms with Crippen LogP contribution in [0.4, 0.5) is 0 Å². The second-order valence-corrected chi connectivity index (χ2v) is 4.78. The summed E-state index contributed by atoms with van der Waals surface area (Å²) in [4.78, 5) is 26.3. The number of methoxy groups -OCH3 is 1. The molecule has 1 amide bonds. The number of nitrogens with one attached hydrogen (secondary N) is 2. The Bertz CT molecular complexity index is 635. The number of H-pyrrole nitrogens is 1. The zero-order valence-corrected chi connectivity index (χ0v) is 11.8. The molecule has 0 spiro atoms. The number of amides is 1. The van der Waals surface area contributed by atoms with Crippen LogP contribution < -0.4 is 5.32 Å². The number of ether oxygens (including phenoxy) is 1. The monoisotopic (exact) mass is 290 g/mol. The van der Waals surface area contributed by atoms with Gasteiger partial charge in [-0.15, -0.1) is 0 Å². The number of rotatable bonds is 7. The normalized spacial score (nSPS) is 12.2. The number of carbonyl (C=O) groups is 2. The molecular weight excluding hydrogens is 272 g/mol. The minimum atomic E-state index is -1.04. The van der Waals surface area contributed by atoms with Gasteiger partial charge in [0, 0.05) is 31.0 Å². The van der Waals surface area contributed by atoms with E-state index in [1.54, 1.807) is 25.4 Å². The smallest absolute Gasteiger partial charge is 0.326 e. The molecule has 21 heavy (non-hydrogen) atoms. The Morgan fingerprint density at radius 3 is 2.90 bits per heavy atom. The molecule has 0 aliphatic carbocycles. The third-order valence-electron chi connectivity index (χ3n) is 3.26. The molecule has 1 atom stereocenters. The van der Waals surface area contributed by atoms with Crippen molar-refractivity contribution in [3.63, 3.8) is 0 Å². The Kier molecular flexibility index (Phi) is 4.94. The van der Waals surface area contributed by atoms with Crippen LogP contribution in [0.1, 0.15) is 23.2 Å². The van der Waals surface area contributed by atoms with Gasteiger partial charge in [0.25, 0.3) is 5.91 Å². The van der Waals surface area contributed by atoms with Gasteiger partial charge < -0.3 is 20.1 Å². The van der Waals surface area contributed by atoms with Gasteiger partial charge in [0.05, 0.1) is 0 Å². The van der Waals surface area contributed by atoms with Crippen molar-refractivity contribution in [2.75, 3.05) is 13.7 Å². The van der Waals surface area contributed by atoms with E-state index in [1.807, 2.05) is 12.1 Å². The lowest BCUT2D eigenvalue weighted by atomic mass is 10.1. The lowest BCUT2D eigenvalue weighted by molar-refractivity contribution is -0.139. The van der Waals surface area contributed by atoms with Crippen LogP contribution in [0.25, 0.3) is 10.9 Å². The highest BCUT2D eigenvalue weighted by Crippen LogP contribution is 2.14. The largest absolute Gasteiger partial charge is 0.480 e. The number of aromatic nitrogens is 1. The fourth-order valence-corrected chi connectivity index (χ4v) is 2.12. The number of fused-ring (bicyclic) bond motifs is 1. The van der Waals surface area contributed by atoms with Crippen molar-refractivity contribution in [2.24, 2.45) is 0 Å². The van der Waals surface area contributed by atoms with Crippen molar-refractivity contribution in [2.45, 2.75) is 18.9 Å². The molecule has 0 aliphatic heterocycles. The van der Waals surface area contributed by atoms with Gasteiger partial charge in [-0.3, -0.25) is 4.79 Å². The lowest BCUT2D eigenvalue weighted by Gasteiger charge is -2.14. The zero-order valence-electron chi connectivity index (χ0n) is 11.8. The topological polar surface area (TPSA) is 91.4 Å². The van der Waals surface area contributed by atoms with Crippen molar-refractivity contribution in [1.29, 1.82) is 0 Å². The molecule has 1 unspecified atom stereocenters. The Balaban J connectivity index is 2.05. The molecule has 2 aromatic rings. The van der Waals surface area contributed by atoms with Crippen LogP contribution in [0.2, 0.25) is 0 Å². The minimum Gasteiger partial charge on any atom is -0.480 e. The van der Waals surface area contributed by atoms with Gasteiger partial charge in [0.1, 0.15) is 6.04 Å². The van der Waals surface area contributed by atoms with E-state index in [0.29, 0.717) is 25.0 Å². The molecule has 112 valence electrons. The van der Waals surface area contributed by atoms with Crippen LogP contribution in [-0.2, 0) is 9.53 Å². The predicted octanol–water partition coefficient (Wildman–Crippen LogP) is 1.78. The number of hydrogen-bond acceptors (Lipinski definition) is 3. The lowest BCUT2D eigenvalue weighted by Crippen LogP contribution is -2.40. The summed E-state index contributed by atoms with van der Waals surface area (Å²) in [6.45, 7) is 0.466. The highest BCUT2D eigenvalue weighted by molar-refractivity contribution is 5.99. The first kappa shape index (κ1) is 15.1. The standard InChI is InChI=1S/C15H18N2O4/c1-21-8-2-3-12(15(19)20)17-14(18)11-5-4-10-6-7-16-13(10)9-11/h4-7,9,12,16H,2-3,8H2,1H3,(H,17,18)(H,19,20). The number of carboxylic acid groups (broad SMARTS) is 1.